The van der Waals surface area contributed by atoms with Crippen LogP contribution in [0.15, 0.2) is 12.7 Å². The number of likely N-dealkylation sites (N-methyl/N-ethyl adjacent to an activating group) is 1. The molecule has 1 rings (SSSR count). The molecule has 1 heterocycles. The molecule has 0 aliphatic carbocycles. The van der Waals surface area contributed by atoms with E-state index in [1.807, 2.05) is 6.08 Å². The van der Waals surface area contributed by atoms with Gasteiger partial charge in [0.05, 0.1) is 0 Å². The number of carbonyl (C=O) groups excluding carboxylic acids is 3. The SMILES string of the molecule is C=CC(C)(C)CCCN1C(=O)N(CCCC(C)(CC)CC)CC(=O)N(C)C1=O. The second kappa shape index (κ2) is 10.1. The zero-order valence-electron chi connectivity index (χ0n) is 18.7. The minimum atomic E-state index is -0.527. The molecule has 1 saturated heterocycles. The lowest BCUT2D eigenvalue weighted by Crippen LogP contribution is -2.47. The first kappa shape index (κ1) is 24.2. The summed E-state index contributed by atoms with van der Waals surface area (Å²) < 4.78 is 0. The van der Waals surface area contributed by atoms with Crippen LogP contribution in [0.5, 0.6) is 0 Å². The van der Waals surface area contributed by atoms with E-state index < -0.39 is 6.03 Å². The number of rotatable bonds is 11. The highest BCUT2D eigenvalue weighted by molar-refractivity contribution is 6.05. The van der Waals surface area contributed by atoms with Crippen molar-refractivity contribution in [1.29, 1.82) is 0 Å². The summed E-state index contributed by atoms with van der Waals surface area (Å²) in [5.41, 5.74) is 0.200. The van der Waals surface area contributed by atoms with Crippen LogP contribution >= 0.6 is 0 Å². The predicted molar refractivity (Wildman–Crippen MR) is 113 cm³/mol. The Hall–Kier alpha value is -1.85. The van der Waals surface area contributed by atoms with Gasteiger partial charge in [0.1, 0.15) is 6.54 Å². The largest absolute Gasteiger partial charge is 0.334 e. The molecule has 0 bridgehead atoms. The Balaban J connectivity index is 2.82. The molecule has 0 spiro atoms. The number of hydrogen-bond acceptors (Lipinski definition) is 3. The summed E-state index contributed by atoms with van der Waals surface area (Å²) in [4.78, 5) is 41.8. The second-order valence-corrected chi connectivity index (χ2v) is 9.01. The fraction of sp³-hybridized carbons (Fsp3) is 0.773. The highest BCUT2D eigenvalue weighted by Crippen LogP contribution is 2.31. The third-order valence-electron chi connectivity index (χ3n) is 6.39. The van der Waals surface area contributed by atoms with Crippen LogP contribution in [0.25, 0.3) is 0 Å². The van der Waals surface area contributed by atoms with Crippen molar-refractivity contribution in [3.63, 3.8) is 0 Å². The van der Waals surface area contributed by atoms with Gasteiger partial charge in [-0.2, -0.15) is 0 Å². The number of hydrogen-bond donors (Lipinski definition) is 0. The van der Waals surface area contributed by atoms with Crippen molar-refractivity contribution in [2.24, 2.45) is 10.8 Å². The predicted octanol–water partition coefficient (Wildman–Crippen LogP) is 4.90. The lowest BCUT2D eigenvalue weighted by atomic mass is 9.80. The van der Waals surface area contributed by atoms with Crippen LogP contribution in [0.2, 0.25) is 0 Å². The standard InChI is InChI=1S/C22H39N3O3/c1-8-21(4,5)13-11-16-25-19(27)23(7)18(26)17-24(20(25)28)15-12-14-22(6,9-2)10-3/h8H,1,9-17H2,2-7H3. The smallest absolute Gasteiger partial charge is 0.315 e. The summed E-state index contributed by atoms with van der Waals surface area (Å²) in [6.07, 6.45) is 7.37. The number of urea groups is 2. The van der Waals surface area contributed by atoms with Crippen LogP contribution in [0.4, 0.5) is 9.59 Å². The van der Waals surface area contributed by atoms with Gasteiger partial charge in [-0.25, -0.2) is 14.5 Å². The number of imide groups is 2. The summed E-state index contributed by atoms with van der Waals surface area (Å²) in [6.45, 7) is 15.4. The first-order valence-electron chi connectivity index (χ1n) is 10.5. The molecule has 0 aromatic carbocycles. The zero-order chi connectivity index (χ0) is 21.5. The molecule has 0 saturated carbocycles. The van der Waals surface area contributed by atoms with Crippen molar-refractivity contribution in [2.75, 3.05) is 26.7 Å². The molecule has 0 unspecified atom stereocenters. The van der Waals surface area contributed by atoms with Gasteiger partial charge in [-0.3, -0.25) is 9.69 Å². The lowest BCUT2D eigenvalue weighted by Gasteiger charge is -2.29. The average Bonchev–Trinajstić information content (AvgIpc) is 2.74. The molecule has 1 fully saturated rings. The third kappa shape index (κ3) is 6.35. The van der Waals surface area contributed by atoms with Crippen LogP contribution < -0.4 is 0 Å². The quantitative estimate of drug-likeness (QED) is 0.469. The van der Waals surface area contributed by atoms with Crippen LogP contribution in [0, 0.1) is 10.8 Å². The maximum Gasteiger partial charge on any atom is 0.334 e. The molecule has 0 aromatic rings. The summed E-state index contributed by atoms with van der Waals surface area (Å²) in [6, 6.07) is -0.880. The fourth-order valence-electron chi connectivity index (χ4n) is 3.34. The molecular weight excluding hydrogens is 354 g/mol. The molecule has 0 radical (unpaired) electrons. The van der Waals surface area contributed by atoms with Gasteiger partial charge >= 0.3 is 12.1 Å². The van der Waals surface area contributed by atoms with Crippen molar-refractivity contribution in [1.82, 2.24) is 14.7 Å². The normalized spacial score (nSPS) is 16.6. The molecule has 1 aliphatic heterocycles. The Morgan fingerprint density at radius 2 is 1.54 bits per heavy atom. The summed E-state index contributed by atoms with van der Waals surface area (Å²) in [5, 5.41) is 0. The summed E-state index contributed by atoms with van der Waals surface area (Å²) >= 11 is 0. The highest BCUT2D eigenvalue weighted by atomic mass is 16.2. The number of allylic oxidation sites excluding steroid dienone is 1. The van der Waals surface area contributed by atoms with E-state index in [9.17, 15) is 14.4 Å². The zero-order valence-corrected chi connectivity index (χ0v) is 18.7. The van der Waals surface area contributed by atoms with Crippen LogP contribution in [-0.2, 0) is 4.79 Å². The Labute approximate surface area is 170 Å². The minimum Gasteiger partial charge on any atom is -0.315 e. The Kier molecular flexibility index (Phi) is 8.71. The second-order valence-electron chi connectivity index (χ2n) is 9.01. The number of amides is 5. The molecular formula is C22H39N3O3. The molecule has 5 amide bonds. The van der Waals surface area contributed by atoms with Gasteiger partial charge in [-0.15, -0.1) is 6.58 Å². The topological polar surface area (TPSA) is 60.9 Å². The van der Waals surface area contributed by atoms with Gasteiger partial charge in [-0.05, 0) is 36.5 Å². The number of nitrogens with zero attached hydrogens (tertiary/aromatic N) is 3. The van der Waals surface area contributed by atoms with Crippen LogP contribution in [-0.4, -0.2) is 59.4 Å². The van der Waals surface area contributed by atoms with E-state index in [0.29, 0.717) is 19.5 Å². The van der Waals surface area contributed by atoms with Gasteiger partial charge in [0.2, 0.25) is 5.91 Å². The first-order chi connectivity index (χ1) is 13.0. The van der Waals surface area contributed by atoms with Gasteiger partial charge in [0.25, 0.3) is 0 Å². The Bertz CT molecular complexity index is 582. The van der Waals surface area contributed by atoms with E-state index in [0.717, 1.165) is 37.0 Å². The van der Waals surface area contributed by atoms with Crippen molar-refractivity contribution >= 4 is 18.0 Å². The van der Waals surface area contributed by atoms with Crippen molar-refractivity contribution in [3.8, 4) is 0 Å². The average molecular weight is 394 g/mol. The van der Waals surface area contributed by atoms with E-state index in [2.05, 4.69) is 41.2 Å². The Morgan fingerprint density at radius 3 is 2.07 bits per heavy atom. The van der Waals surface area contributed by atoms with Gasteiger partial charge in [-0.1, -0.05) is 53.5 Å². The lowest BCUT2D eigenvalue weighted by molar-refractivity contribution is -0.127. The summed E-state index contributed by atoms with van der Waals surface area (Å²) in [7, 11) is 1.45. The van der Waals surface area contributed by atoms with Crippen molar-refractivity contribution in [2.45, 2.75) is 73.1 Å². The molecule has 0 aromatic heterocycles. The molecule has 0 atom stereocenters. The van der Waals surface area contributed by atoms with Gasteiger partial charge in [0.15, 0.2) is 0 Å². The highest BCUT2D eigenvalue weighted by Gasteiger charge is 2.36. The van der Waals surface area contributed by atoms with Gasteiger partial charge in [0, 0.05) is 20.1 Å². The summed E-state index contributed by atoms with van der Waals surface area (Å²) in [5.74, 6) is -0.332. The van der Waals surface area contributed by atoms with Crippen molar-refractivity contribution < 1.29 is 14.4 Å². The maximum atomic E-state index is 13.0. The van der Waals surface area contributed by atoms with E-state index in [4.69, 9.17) is 0 Å². The van der Waals surface area contributed by atoms with E-state index in [1.165, 1.54) is 16.8 Å². The van der Waals surface area contributed by atoms with Gasteiger partial charge < -0.3 is 4.90 Å². The minimum absolute atomic E-state index is 0.0370. The molecule has 160 valence electrons. The van der Waals surface area contributed by atoms with Crippen LogP contribution in [0.3, 0.4) is 0 Å². The third-order valence-corrected chi connectivity index (χ3v) is 6.39. The molecule has 1 aliphatic rings. The van der Waals surface area contributed by atoms with E-state index >= 15 is 0 Å². The van der Waals surface area contributed by atoms with Crippen molar-refractivity contribution in [3.05, 3.63) is 12.7 Å². The first-order valence-corrected chi connectivity index (χ1v) is 10.5. The molecule has 6 nitrogen and oxygen atoms in total. The monoisotopic (exact) mass is 393 g/mol. The fourth-order valence-corrected chi connectivity index (χ4v) is 3.34. The number of carbonyl (C=O) groups is 3. The molecule has 28 heavy (non-hydrogen) atoms. The van der Waals surface area contributed by atoms with E-state index in [-0.39, 0.29) is 29.3 Å². The van der Waals surface area contributed by atoms with Crippen LogP contribution in [0.1, 0.15) is 73.1 Å². The van der Waals surface area contributed by atoms with E-state index in [1.54, 1.807) is 0 Å². The maximum absolute atomic E-state index is 13.0. The molecule has 0 N–H and O–H groups in total. The molecule has 6 heteroatoms. The Morgan fingerprint density at radius 1 is 0.964 bits per heavy atom.